The van der Waals surface area contributed by atoms with Crippen molar-refractivity contribution in [2.24, 2.45) is 0 Å². The monoisotopic (exact) mass is 352 g/mol. The summed E-state index contributed by atoms with van der Waals surface area (Å²) in [4.78, 5) is 23.2. The molecule has 2 aromatic carbocycles. The fraction of sp³-hybridized carbons (Fsp3) is 0. The number of carboxylic acid groups (broad SMARTS) is 1. The fourth-order valence-electron chi connectivity index (χ4n) is 2.30. The van der Waals surface area contributed by atoms with E-state index in [9.17, 15) is 9.59 Å². The summed E-state index contributed by atoms with van der Waals surface area (Å²) in [6, 6.07) is 17.0. The summed E-state index contributed by atoms with van der Waals surface area (Å²) in [5.74, 6) is -0.248. The van der Waals surface area contributed by atoms with Crippen molar-refractivity contribution in [1.29, 1.82) is 0 Å². The van der Waals surface area contributed by atoms with E-state index in [4.69, 9.17) is 21.1 Å². The van der Waals surface area contributed by atoms with Gasteiger partial charge in [-0.15, -0.1) is 0 Å². The molecule has 3 rings (SSSR count). The van der Waals surface area contributed by atoms with E-state index in [1.165, 1.54) is 18.2 Å². The molecule has 0 aliphatic heterocycles. The molecule has 0 radical (unpaired) electrons. The number of aromatic carboxylic acids is 1. The van der Waals surface area contributed by atoms with Gasteiger partial charge < -0.3 is 9.52 Å². The number of hydrogen-bond donors (Lipinski definition) is 1. The van der Waals surface area contributed by atoms with Crippen LogP contribution in [0.5, 0.6) is 0 Å². The van der Waals surface area contributed by atoms with E-state index in [2.05, 4.69) is 0 Å². The zero-order valence-corrected chi connectivity index (χ0v) is 13.7. The van der Waals surface area contributed by atoms with Gasteiger partial charge in [-0.1, -0.05) is 41.9 Å². The molecule has 0 aliphatic carbocycles. The summed E-state index contributed by atoms with van der Waals surface area (Å²) in [6.45, 7) is 0. The molecule has 0 fully saturated rings. The minimum Gasteiger partial charge on any atom is -0.478 e. The van der Waals surface area contributed by atoms with Crippen molar-refractivity contribution in [3.05, 3.63) is 88.6 Å². The third-order valence-electron chi connectivity index (χ3n) is 3.57. The zero-order valence-electron chi connectivity index (χ0n) is 13.0. The quantitative estimate of drug-likeness (QED) is 0.506. The van der Waals surface area contributed by atoms with Gasteiger partial charge in [-0.3, -0.25) is 4.79 Å². The molecule has 124 valence electrons. The highest BCUT2D eigenvalue weighted by molar-refractivity contribution is 6.33. The number of hydrogen-bond acceptors (Lipinski definition) is 3. The third-order valence-corrected chi connectivity index (χ3v) is 3.89. The average Bonchev–Trinajstić information content (AvgIpc) is 3.09. The predicted molar refractivity (Wildman–Crippen MR) is 95.9 cm³/mol. The van der Waals surface area contributed by atoms with Gasteiger partial charge >= 0.3 is 5.97 Å². The minimum atomic E-state index is -1.10. The Bertz CT molecular complexity index is 955. The Morgan fingerprint density at radius 3 is 2.48 bits per heavy atom. The van der Waals surface area contributed by atoms with Crippen molar-refractivity contribution in [1.82, 2.24) is 0 Å². The fourth-order valence-corrected chi connectivity index (χ4v) is 2.49. The zero-order chi connectivity index (χ0) is 17.8. The van der Waals surface area contributed by atoms with E-state index >= 15 is 0 Å². The molecule has 0 saturated heterocycles. The molecule has 0 atom stereocenters. The maximum Gasteiger partial charge on any atom is 0.337 e. The molecule has 1 N–H and O–H groups in total. The van der Waals surface area contributed by atoms with Crippen LogP contribution in [0.2, 0.25) is 5.02 Å². The second kappa shape index (κ2) is 7.20. The van der Waals surface area contributed by atoms with Crippen molar-refractivity contribution < 1.29 is 19.1 Å². The highest BCUT2D eigenvalue weighted by Gasteiger charge is 2.12. The van der Waals surface area contributed by atoms with Crippen molar-refractivity contribution in [3.8, 4) is 11.3 Å². The smallest absolute Gasteiger partial charge is 0.337 e. The lowest BCUT2D eigenvalue weighted by Crippen LogP contribution is -1.97. The lowest BCUT2D eigenvalue weighted by atomic mass is 10.1. The Morgan fingerprint density at radius 1 is 1.00 bits per heavy atom. The Balaban J connectivity index is 1.81. The molecule has 0 bridgehead atoms. The molecular formula is C20H13ClO4. The maximum absolute atomic E-state index is 12.0. The number of ketones is 1. The van der Waals surface area contributed by atoms with Crippen LogP contribution in [0.4, 0.5) is 0 Å². The number of benzene rings is 2. The van der Waals surface area contributed by atoms with E-state index in [1.54, 1.807) is 48.5 Å². The molecule has 4 nitrogen and oxygen atoms in total. The summed E-state index contributed by atoms with van der Waals surface area (Å²) in [5.41, 5.74) is 1.19. The summed E-state index contributed by atoms with van der Waals surface area (Å²) in [6.07, 6.45) is 3.01. The second-order valence-electron chi connectivity index (χ2n) is 5.27. The van der Waals surface area contributed by atoms with Gasteiger partial charge in [-0.25, -0.2) is 4.79 Å². The topological polar surface area (TPSA) is 67.5 Å². The lowest BCUT2D eigenvalue weighted by molar-refractivity contribution is 0.0697. The van der Waals surface area contributed by atoms with Crippen molar-refractivity contribution in [3.63, 3.8) is 0 Å². The van der Waals surface area contributed by atoms with E-state index in [-0.39, 0.29) is 16.4 Å². The van der Waals surface area contributed by atoms with Crippen LogP contribution < -0.4 is 0 Å². The highest BCUT2D eigenvalue weighted by atomic mass is 35.5. The predicted octanol–water partition coefficient (Wildman–Crippen LogP) is 5.19. The summed E-state index contributed by atoms with van der Waals surface area (Å²) >= 11 is 5.87. The maximum atomic E-state index is 12.0. The molecule has 25 heavy (non-hydrogen) atoms. The van der Waals surface area contributed by atoms with Gasteiger partial charge in [0.1, 0.15) is 11.5 Å². The summed E-state index contributed by atoms with van der Waals surface area (Å²) in [5, 5.41) is 9.30. The first-order valence-corrected chi connectivity index (χ1v) is 7.83. The van der Waals surface area contributed by atoms with Crippen molar-refractivity contribution in [2.75, 3.05) is 0 Å². The minimum absolute atomic E-state index is 0.00640. The van der Waals surface area contributed by atoms with Crippen LogP contribution in [0, 0.1) is 0 Å². The van der Waals surface area contributed by atoms with Crippen LogP contribution in [0.25, 0.3) is 17.4 Å². The van der Waals surface area contributed by atoms with Crippen LogP contribution in [-0.2, 0) is 0 Å². The largest absolute Gasteiger partial charge is 0.478 e. The molecule has 0 unspecified atom stereocenters. The number of carboxylic acids is 1. The van der Waals surface area contributed by atoms with Crippen LogP contribution in [0.15, 0.2) is 71.2 Å². The van der Waals surface area contributed by atoms with Crippen molar-refractivity contribution in [2.45, 2.75) is 0 Å². The SMILES string of the molecule is O=C(/C=C/c1ccc(-c2ccc(Cl)c(C(=O)O)c2)o1)c1ccccc1. The molecule has 0 spiro atoms. The van der Waals surface area contributed by atoms with Gasteiger partial charge in [0.2, 0.25) is 0 Å². The van der Waals surface area contributed by atoms with Gasteiger partial charge in [0.05, 0.1) is 10.6 Å². The normalized spacial score (nSPS) is 10.9. The molecule has 5 heteroatoms. The molecule has 0 saturated carbocycles. The molecule has 0 amide bonds. The van der Waals surface area contributed by atoms with Crippen LogP contribution in [-0.4, -0.2) is 16.9 Å². The van der Waals surface area contributed by atoms with Crippen molar-refractivity contribution >= 4 is 29.4 Å². The Labute approximate surface area is 149 Å². The van der Waals surface area contributed by atoms with Gasteiger partial charge in [0.15, 0.2) is 5.78 Å². The number of carbonyl (C=O) groups excluding carboxylic acids is 1. The first kappa shape index (κ1) is 16.7. The highest BCUT2D eigenvalue weighted by Crippen LogP contribution is 2.27. The molecule has 3 aromatic rings. The van der Waals surface area contributed by atoms with Gasteiger partial charge in [0.25, 0.3) is 0 Å². The molecule has 1 heterocycles. The Morgan fingerprint density at radius 2 is 1.76 bits per heavy atom. The summed E-state index contributed by atoms with van der Waals surface area (Å²) < 4.78 is 5.66. The van der Waals surface area contributed by atoms with Crippen LogP contribution in [0.3, 0.4) is 0 Å². The van der Waals surface area contributed by atoms with Gasteiger partial charge in [-0.2, -0.15) is 0 Å². The molecular weight excluding hydrogens is 340 g/mol. The number of furan rings is 1. The number of carbonyl (C=O) groups is 2. The third kappa shape index (κ3) is 3.87. The summed E-state index contributed by atoms with van der Waals surface area (Å²) in [7, 11) is 0. The first-order valence-electron chi connectivity index (χ1n) is 7.45. The van der Waals surface area contributed by atoms with E-state index in [0.717, 1.165) is 0 Å². The van der Waals surface area contributed by atoms with E-state index < -0.39 is 5.97 Å². The molecule has 1 aromatic heterocycles. The first-order chi connectivity index (χ1) is 12.0. The second-order valence-corrected chi connectivity index (χ2v) is 5.67. The van der Waals surface area contributed by atoms with Gasteiger partial charge in [0, 0.05) is 11.1 Å². The van der Waals surface area contributed by atoms with Gasteiger partial charge in [-0.05, 0) is 42.5 Å². The lowest BCUT2D eigenvalue weighted by Gasteiger charge is -2.01. The standard InChI is InChI=1S/C20H13ClO4/c21-17-9-6-14(12-16(17)20(23)24)19-11-8-15(25-19)7-10-18(22)13-4-2-1-3-5-13/h1-12H,(H,23,24)/b10-7+. The number of allylic oxidation sites excluding steroid dienone is 1. The van der Waals surface area contributed by atoms with E-state index in [1.807, 2.05) is 6.07 Å². The van der Waals surface area contributed by atoms with Crippen LogP contribution >= 0.6 is 11.6 Å². The Hall–Kier alpha value is -3.11. The van der Waals surface area contributed by atoms with Crippen LogP contribution in [0.1, 0.15) is 26.5 Å². The number of rotatable bonds is 5. The van der Waals surface area contributed by atoms with E-state index in [0.29, 0.717) is 22.6 Å². The molecule has 0 aliphatic rings. The average molecular weight is 353 g/mol. The number of halogens is 1. The Kier molecular flexibility index (Phi) is 4.82.